The van der Waals surface area contributed by atoms with Crippen LogP contribution in [0.5, 0.6) is 0 Å². The lowest BCUT2D eigenvalue weighted by atomic mass is 9.64. The van der Waals surface area contributed by atoms with Gasteiger partial charge in [-0.1, -0.05) is 42.8 Å². The van der Waals surface area contributed by atoms with Crippen LogP contribution in [0.2, 0.25) is 0 Å². The molecule has 0 spiro atoms. The molecular formula is C20H22N4OS2. The minimum absolute atomic E-state index is 0.0532. The second-order valence-corrected chi connectivity index (χ2v) is 8.34. The van der Waals surface area contributed by atoms with Gasteiger partial charge in [0, 0.05) is 24.9 Å². The SMILES string of the molecule is O=C(CCn1c(-c2cccs2)n[nH]c1=S)NCC1(c2ccccc2)CCC1. The predicted molar refractivity (Wildman–Crippen MR) is 110 cm³/mol. The van der Waals surface area contributed by atoms with Gasteiger partial charge in [0.2, 0.25) is 5.91 Å². The Morgan fingerprint density at radius 2 is 2.07 bits per heavy atom. The first kappa shape index (κ1) is 18.1. The zero-order chi connectivity index (χ0) is 18.7. The maximum atomic E-state index is 12.5. The topological polar surface area (TPSA) is 62.7 Å². The highest BCUT2D eigenvalue weighted by Crippen LogP contribution is 2.43. The maximum absolute atomic E-state index is 12.5. The van der Waals surface area contributed by atoms with Crippen LogP contribution < -0.4 is 5.32 Å². The Bertz CT molecular complexity index is 956. The Labute approximate surface area is 167 Å². The molecule has 0 aliphatic heterocycles. The number of thiophene rings is 1. The molecule has 0 unspecified atom stereocenters. The van der Waals surface area contributed by atoms with Crippen molar-refractivity contribution >= 4 is 29.5 Å². The molecule has 1 fully saturated rings. The summed E-state index contributed by atoms with van der Waals surface area (Å²) in [6.45, 7) is 1.22. The fourth-order valence-electron chi connectivity index (χ4n) is 3.65. The van der Waals surface area contributed by atoms with Gasteiger partial charge >= 0.3 is 0 Å². The van der Waals surface area contributed by atoms with Crippen molar-refractivity contribution in [3.05, 3.63) is 58.2 Å². The normalized spacial score (nSPS) is 15.3. The molecule has 2 aromatic heterocycles. The van der Waals surface area contributed by atoms with Crippen molar-refractivity contribution in [2.45, 2.75) is 37.6 Å². The van der Waals surface area contributed by atoms with Gasteiger partial charge in [-0.15, -0.1) is 11.3 Å². The number of hydrogen-bond donors (Lipinski definition) is 2. The van der Waals surface area contributed by atoms with Gasteiger partial charge in [0.25, 0.3) is 0 Å². The minimum atomic E-state index is 0.0532. The van der Waals surface area contributed by atoms with Gasteiger partial charge in [-0.2, -0.15) is 5.10 Å². The summed E-state index contributed by atoms with van der Waals surface area (Å²) in [5.74, 6) is 0.847. The summed E-state index contributed by atoms with van der Waals surface area (Å²) in [7, 11) is 0. The number of rotatable bonds is 7. The van der Waals surface area contributed by atoms with Crippen molar-refractivity contribution in [2.75, 3.05) is 6.54 Å². The third-order valence-corrected chi connectivity index (χ3v) is 6.56. The first-order valence-corrected chi connectivity index (χ1v) is 10.5. The second-order valence-electron chi connectivity index (χ2n) is 7.01. The van der Waals surface area contributed by atoms with Gasteiger partial charge in [0.1, 0.15) is 0 Å². The Morgan fingerprint density at radius 3 is 2.74 bits per heavy atom. The summed E-state index contributed by atoms with van der Waals surface area (Å²) in [5, 5.41) is 12.3. The molecule has 4 rings (SSSR count). The highest BCUT2D eigenvalue weighted by atomic mass is 32.1. The number of nitrogens with one attached hydrogen (secondary N) is 2. The first-order valence-electron chi connectivity index (χ1n) is 9.19. The van der Waals surface area contributed by atoms with E-state index >= 15 is 0 Å². The van der Waals surface area contributed by atoms with E-state index in [1.165, 1.54) is 12.0 Å². The molecule has 1 aliphatic rings. The fourth-order valence-corrected chi connectivity index (χ4v) is 4.60. The monoisotopic (exact) mass is 398 g/mol. The van der Waals surface area contributed by atoms with Gasteiger partial charge in [-0.3, -0.25) is 14.5 Å². The van der Waals surface area contributed by atoms with Crippen LogP contribution in [0.3, 0.4) is 0 Å². The van der Waals surface area contributed by atoms with Crippen molar-refractivity contribution in [1.82, 2.24) is 20.1 Å². The molecule has 7 heteroatoms. The van der Waals surface area contributed by atoms with E-state index in [4.69, 9.17) is 12.2 Å². The molecule has 1 aromatic carbocycles. The van der Waals surface area contributed by atoms with Crippen molar-refractivity contribution in [3.63, 3.8) is 0 Å². The molecule has 1 aliphatic carbocycles. The number of hydrogen-bond acceptors (Lipinski definition) is 4. The standard InChI is InChI=1S/C20H22N4OS2/c25-17(21-14-20(10-5-11-20)15-6-2-1-3-7-15)9-12-24-18(22-23-19(24)26)16-8-4-13-27-16/h1-4,6-8,13H,5,9-12,14H2,(H,21,25)(H,23,26). The average Bonchev–Trinajstić information content (AvgIpc) is 3.29. The van der Waals surface area contributed by atoms with E-state index in [0.29, 0.717) is 24.3 Å². The van der Waals surface area contributed by atoms with E-state index in [1.807, 2.05) is 28.1 Å². The molecule has 5 nitrogen and oxygen atoms in total. The van der Waals surface area contributed by atoms with E-state index in [2.05, 4.69) is 39.8 Å². The lowest BCUT2D eigenvalue weighted by molar-refractivity contribution is -0.121. The van der Waals surface area contributed by atoms with E-state index in [0.717, 1.165) is 23.5 Å². The molecule has 140 valence electrons. The lowest BCUT2D eigenvalue weighted by Crippen LogP contribution is -2.45. The summed E-state index contributed by atoms with van der Waals surface area (Å²) >= 11 is 6.94. The Hall–Kier alpha value is -2.25. The molecule has 3 aromatic rings. The molecule has 0 saturated heterocycles. The van der Waals surface area contributed by atoms with Crippen LogP contribution in [-0.2, 0) is 16.8 Å². The largest absolute Gasteiger partial charge is 0.355 e. The maximum Gasteiger partial charge on any atom is 0.221 e. The van der Waals surface area contributed by atoms with Gasteiger partial charge in [0.05, 0.1) is 4.88 Å². The number of nitrogens with zero attached hydrogens (tertiary/aromatic N) is 2. The number of aromatic nitrogens is 3. The Kier molecular flexibility index (Phi) is 5.22. The molecule has 1 saturated carbocycles. The number of H-pyrrole nitrogens is 1. The second kappa shape index (κ2) is 7.78. The smallest absolute Gasteiger partial charge is 0.221 e. The van der Waals surface area contributed by atoms with Gasteiger partial charge in [-0.25, -0.2) is 0 Å². The highest BCUT2D eigenvalue weighted by Gasteiger charge is 2.38. The van der Waals surface area contributed by atoms with Crippen LogP contribution in [0.25, 0.3) is 10.7 Å². The van der Waals surface area contributed by atoms with E-state index in [1.54, 1.807) is 11.3 Å². The van der Waals surface area contributed by atoms with Crippen molar-refractivity contribution in [3.8, 4) is 10.7 Å². The molecule has 27 heavy (non-hydrogen) atoms. The number of amides is 1. The number of carbonyl (C=O) groups is 1. The average molecular weight is 399 g/mol. The highest BCUT2D eigenvalue weighted by molar-refractivity contribution is 7.71. The molecule has 2 N–H and O–H groups in total. The molecule has 0 bridgehead atoms. The van der Waals surface area contributed by atoms with Crippen LogP contribution in [-0.4, -0.2) is 27.2 Å². The van der Waals surface area contributed by atoms with E-state index < -0.39 is 0 Å². The Balaban J connectivity index is 1.37. The number of aromatic amines is 1. The number of carbonyl (C=O) groups excluding carboxylic acids is 1. The lowest BCUT2D eigenvalue weighted by Gasteiger charge is -2.42. The fraction of sp³-hybridized carbons (Fsp3) is 0.350. The Morgan fingerprint density at radius 1 is 1.26 bits per heavy atom. The molecule has 0 atom stereocenters. The van der Waals surface area contributed by atoms with Gasteiger partial charge in [-0.05, 0) is 42.1 Å². The zero-order valence-corrected chi connectivity index (χ0v) is 16.6. The molecular weight excluding hydrogens is 376 g/mol. The summed E-state index contributed by atoms with van der Waals surface area (Å²) in [6, 6.07) is 14.5. The third-order valence-electron chi connectivity index (χ3n) is 5.38. The molecule has 2 heterocycles. The summed E-state index contributed by atoms with van der Waals surface area (Å²) < 4.78 is 2.45. The zero-order valence-electron chi connectivity index (χ0n) is 15.0. The van der Waals surface area contributed by atoms with Gasteiger partial charge < -0.3 is 5.32 Å². The molecule has 1 amide bonds. The van der Waals surface area contributed by atoms with Crippen LogP contribution in [0.4, 0.5) is 0 Å². The summed E-state index contributed by atoms with van der Waals surface area (Å²) in [4.78, 5) is 13.5. The molecule has 0 radical (unpaired) electrons. The summed E-state index contributed by atoms with van der Waals surface area (Å²) in [5.41, 5.74) is 1.43. The van der Waals surface area contributed by atoms with Crippen molar-refractivity contribution in [1.29, 1.82) is 0 Å². The number of benzene rings is 1. The van der Waals surface area contributed by atoms with Crippen LogP contribution in [0, 0.1) is 4.77 Å². The van der Waals surface area contributed by atoms with Crippen LogP contribution in [0.1, 0.15) is 31.2 Å². The summed E-state index contributed by atoms with van der Waals surface area (Å²) in [6.07, 6.45) is 3.87. The van der Waals surface area contributed by atoms with Gasteiger partial charge in [0.15, 0.2) is 10.6 Å². The van der Waals surface area contributed by atoms with Crippen molar-refractivity contribution < 1.29 is 4.79 Å². The van der Waals surface area contributed by atoms with E-state index in [9.17, 15) is 4.79 Å². The van der Waals surface area contributed by atoms with Crippen molar-refractivity contribution in [2.24, 2.45) is 0 Å². The van der Waals surface area contributed by atoms with E-state index in [-0.39, 0.29) is 11.3 Å². The van der Waals surface area contributed by atoms with Crippen LogP contribution in [0.15, 0.2) is 47.8 Å². The quantitative estimate of drug-likeness (QED) is 0.584. The predicted octanol–water partition coefficient (Wildman–Crippen LogP) is 4.30. The minimum Gasteiger partial charge on any atom is -0.355 e. The first-order chi connectivity index (χ1) is 13.2. The third kappa shape index (κ3) is 3.75. The van der Waals surface area contributed by atoms with Crippen LogP contribution >= 0.6 is 23.6 Å².